The highest BCUT2D eigenvalue weighted by molar-refractivity contribution is 6.37. The van der Waals surface area contributed by atoms with Crippen LogP contribution >= 0.6 is 23.2 Å². The minimum atomic E-state index is -0.263. The standard InChI is InChI=1S/C10H16Cl2N4O/c1-10(2,5-17)4-14-8-6(11)3-7(12)9(15-8)16-13/h3,17H,4-5,13H2,1-2H3,(H2,14,15,16). The van der Waals surface area contributed by atoms with Crippen molar-refractivity contribution in [1.29, 1.82) is 0 Å². The summed E-state index contributed by atoms with van der Waals surface area (Å²) < 4.78 is 0. The van der Waals surface area contributed by atoms with Gasteiger partial charge in [0.1, 0.15) is 5.82 Å². The molecule has 5 N–H and O–H groups in total. The zero-order valence-corrected chi connectivity index (χ0v) is 11.2. The first-order valence-electron chi connectivity index (χ1n) is 5.07. The highest BCUT2D eigenvalue weighted by Crippen LogP contribution is 2.29. The molecule has 1 heterocycles. The number of anilines is 2. The number of nitrogens with zero attached hydrogens (tertiary/aromatic N) is 1. The van der Waals surface area contributed by atoms with E-state index in [1.165, 1.54) is 0 Å². The van der Waals surface area contributed by atoms with E-state index in [0.717, 1.165) is 0 Å². The minimum absolute atomic E-state index is 0.0627. The number of aliphatic hydroxyl groups is 1. The molecule has 1 rings (SSSR count). The van der Waals surface area contributed by atoms with E-state index >= 15 is 0 Å². The van der Waals surface area contributed by atoms with E-state index in [1.807, 2.05) is 13.8 Å². The summed E-state index contributed by atoms with van der Waals surface area (Å²) >= 11 is 11.9. The van der Waals surface area contributed by atoms with Crippen LogP contribution in [0.1, 0.15) is 13.8 Å². The van der Waals surface area contributed by atoms with Crippen molar-refractivity contribution in [2.45, 2.75) is 13.8 Å². The molecular formula is C10H16Cl2N4O. The number of hydrogen-bond donors (Lipinski definition) is 4. The molecule has 0 fully saturated rings. The van der Waals surface area contributed by atoms with E-state index in [1.54, 1.807) is 6.07 Å². The number of rotatable bonds is 5. The zero-order chi connectivity index (χ0) is 13.1. The lowest BCUT2D eigenvalue weighted by Crippen LogP contribution is -2.27. The summed E-state index contributed by atoms with van der Waals surface area (Å²) in [7, 11) is 0. The second kappa shape index (κ2) is 5.73. The molecule has 1 aromatic rings. The smallest absolute Gasteiger partial charge is 0.161 e. The van der Waals surface area contributed by atoms with Crippen LogP contribution in [0.25, 0.3) is 0 Å². The van der Waals surface area contributed by atoms with Gasteiger partial charge in [-0.3, -0.25) is 0 Å². The Morgan fingerprint density at radius 1 is 1.35 bits per heavy atom. The highest BCUT2D eigenvalue weighted by atomic mass is 35.5. The number of aliphatic hydroxyl groups excluding tert-OH is 1. The highest BCUT2D eigenvalue weighted by Gasteiger charge is 2.17. The van der Waals surface area contributed by atoms with Crippen LogP contribution in [0.4, 0.5) is 11.6 Å². The predicted octanol–water partition coefficient (Wildman–Crippen LogP) is 2.10. The monoisotopic (exact) mass is 278 g/mol. The molecule has 0 radical (unpaired) electrons. The second-order valence-electron chi connectivity index (χ2n) is 4.47. The van der Waals surface area contributed by atoms with Crippen molar-refractivity contribution in [1.82, 2.24) is 4.98 Å². The van der Waals surface area contributed by atoms with Crippen molar-refractivity contribution in [3.05, 3.63) is 16.1 Å². The Bertz CT molecular complexity index is 398. The largest absolute Gasteiger partial charge is 0.396 e. The van der Waals surface area contributed by atoms with Crippen LogP contribution in [0.5, 0.6) is 0 Å². The van der Waals surface area contributed by atoms with Gasteiger partial charge in [-0.15, -0.1) is 0 Å². The minimum Gasteiger partial charge on any atom is -0.396 e. The molecule has 0 bridgehead atoms. The molecule has 96 valence electrons. The molecule has 0 spiro atoms. The fourth-order valence-electron chi connectivity index (χ4n) is 1.07. The normalized spacial score (nSPS) is 11.4. The summed E-state index contributed by atoms with van der Waals surface area (Å²) in [5.41, 5.74) is 2.12. The summed E-state index contributed by atoms with van der Waals surface area (Å²) in [4.78, 5) is 4.13. The van der Waals surface area contributed by atoms with Gasteiger partial charge < -0.3 is 15.8 Å². The van der Waals surface area contributed by atoms with Gasteiger partial charge in [0.25, 0.3) is 0 Å². The lowest BCUT2D eigenvalue weighted by Gasteiger charge is -2.22. The summed E-state index contributed by atoms with van der Waals surface area (Å²) in [5, 5.41) is 12.9. The first-order valence-corrected chi connectivity index (χ1v) is 5.82. The maximum Gasteiger partial charge on any atom is 0.161 e. The molecule has 17 heavy (non-hydrogen) atoms. The Labute approximate surface area is 110 Å². The number of nitrogen functional groups attached to an aromatic ring is 1. The van der Waals surface area contributed by atoms with Crippen LogP contribution in [0.15, 0.2) is 6.07 Å². The van der Waals surface area contributed by atoms with Crippen molar-refractivity contribution in [2.75, 3.05) is 23.9 Å². The van der Waals surface area contributed by atoms with E-state index in [2.05, 4.69) is 15.7 Å². The summed E-state index contributed by atoms with van der Waals surface area (Å²) in [6.07, 6.45) is 0. The summed E-state index contributed by atoms with van der Waals surface area (Å²) in [5.74, 6) is 6.09. The number of aromatic nitrogens is 1. The molecule has 0 aliphatic carbocycles. The molecule has 7 heteroatoms. The van der Waals surface area contributed by atoms with Gasteiger partial charge in [0.2, 0.25) is 0 Å². The lowest BCUT2D eigenvalue weighted by molar-refractivity contribution is 0.170. The molecule has 1 aromatic heterocycles. The van der Waals surface area contributed by atoms with Gasteiger partial charge in [0.15, 0.2) is 5.82 Å². The topological polar surface area (TPSA) is 83.2 Å². The van der Waals surface area contributed by atoms with Gasteiger partial charge in [-0.05, 0) is 6.07 Å². The Hall–Kier alpha value is -0.750. The molecule has 0 aliphatic rings. The fraction of sp³-hybridized carbons (Fsp3) is 0.500. The molecule has 0 atom stereocenters. The number of hydrazine groups is 1. The quantitative estimate of drug-likeness (QED) is 0.490. The van der Waals surface area contributed by atoms with Crippen LogP contribution in [-0.2, 0) is 0 Å². The maximum absolute atomic E-state index is 9.14. The molecule has 0 aromatic carbocycles. The SMILES string of the molecule is CC(C)(CO)CNc1nc(NN)c(Cl)cc1Cl. The van der Waals surface area contributed by atoms with Gasteiger partial charge in [-0.2, -0.15) is 0 Å². The van der Waals surface area contributed by atoms with Crippen LogP contribution in [-0.4, -0.2) is 23.2 Å². The van der Waals surface area contributed by atoms with Gasteiger partial charge in [-0.25, -0.2) is 10.8 Å². The van der Waals surface area contributed by atoms with E-state index in [9.17, 15) is 0 Å². The molecule has 0 saturated heterocycles. The van der Waals surface area contributed by atoms with E-state index < -0.39 is 0 Å². The third-order valence-corrected chi connectivity index (χ3v) is 2.80. The predicted molar refractivity (Wildman–Crippen MR) is 71.4 cm³/mol. The molecule has 5 nitrogen and oxygen atoms in total. The van der Waals surface area contributed by atoms with Crippen LogP contribution < -0.4 is 16.6 Å². The van der Waals surface area contributed by atoms with Crippen LogP contribution in [0.2, 0.25) is 10.0 Å². The Morgan fingerprint density at radius 3 is 2.47 bits per heavy atom. The van der Waals surface area contributed by atoms with Gasteiger partial charge >= 0.3 is 0 Å². The first kappa shape index (κ1) is 14.3. The Balaban J connectivity index is 2.84. The van der Waals surface area contributed by atoms with Crippen molar-refractivity contribution in [2.24, 2.45) is 11.3 Å². The van der Waals surface area contributed by atoms with Gasteiger partial charge in [-0.1, -0.05) is 37.0 Å². The van der Waals surface area contributed by atoms with Gasteiger partial charge in [0.05, 0.1) is 10.0 Å². The van der Waals surface area contributed by atoms with Crippen molar-refractivity contribution >= 4 is 34.8 Å². The summed E-state index contributed by atoms with van der Waals surface area (Å²) in [6.45, 7) is 4.44. The van der Waals surface area contributed by atoms with Crippen molar-refractivity contribution in [3.8, 4) is 0 Å². The van der Waals surface area contributed by atoms with E-state index in [-0.39, 0.29) is 12.0 Å². The van der Waals surface area contributed by atoms with Crippen molar-refractivity contribution < 1.29 is 5.11 Å². The number of nitrogens with two attached hydrogens (primary N) is 1. The Morgan fingerprint density at radius 2 is 1.94 bits per heavy atom. The van der Waals surface area contributed by atoms with Crippen molar-refractivity contribution in [3.63, 3.8) is 0 Å². The molecule has 0 saturated carbocycles. The molecule has 0 unspecified atom stereocenters. The van der Waals surface area contributed by atoms with Crippen LogP contribution in [0, 0.1) is 5.41 Å². The lowest BCUT2D eigenvalue weighted by atomic mass is 9.95. The maximum atomic E-state index is 9.14. The zero-order valence-electron chi connectivity index (χ0n) is 9.72. The molecule has 0 aliphatic heterocycles. The number of hydrogen-bond acceptors (Lipinski definition) is 5. The third kappa shape index (κ3) is 3.89. The summed E-state index contributed by atoms with van der Waals surface area (Å²) in [6, 6.07) is 1.56. The molecule has 0 amide bonds. The number of pyridine rings is 1. The number of halogens is 2. The van der Waals surface area contributed by atoms with E-state index in [0.29, 0.717) is 28.2 Å². The second-order valence-corrected chi connectivity index (χ2v) is 5.28. The fourth-order valence-corrected chi connectivity index (χ4v) is 1.55. The number of nitrogens with one attached hydrogen (secondary N) is 2. The molecular weight excluding hydrogens is 263 g/mol. The third-order valence-electron chi connectivity index (χ3n) is 2.23. The Kier molecular flexibility index (Phi) is 4.82. The average Bonchev–Trinajstić information content (AvgIpc) is 2.28. The van der Waals surface area contributed by atoms with E-state index in [4.69, 9.17) is 34.2 Å². The van der Waals surface area contributed by atoms with Crippen LogP contribution in [0.3, 0.4) is 0 Å². The average molecular weight is 279 g/mol. The van der Waals surface area contributed by atoms with Gasteiger partial charge in [0, 0.05) is 18.6 Å². The first-order chi connectivity index (χ1) is 7.89.